The van der Waals surface area contributed by atoms with Crippen molar-refractivity contribution in [2.45, 2.75) is 51.3 Å². The van der Waals surface area contributed by atoms with Crippen molar-refractivity contribution >= 4 is 52.8 Å². The smallest absolute Gasteiger partial charge is 0.261 e. The number of nitrogens with zero attached hydrogens (tertiary/aromatic N) is 4. The van der Waals surface area contributed by atoms with E-state index in [9.17, 15) is 14.4 Å². The molecular formula is C42H40N4O8. The van der Waals surface area contributed by atoms with E-state index in [1.54, 1.807) is 48.1 Å². The number of para-hydroxylation sites is 1. The van der Waals surface area contributed by atoms with Gasteiger partial charge in [0.15, 0.2) is 23.0 Å². The van der Waals surface area contributed by atoms with Gasteiger partial charge in [-0.05, 0) is 47.9 Å². The molecule has 0 saturated carbocycles. The molecule has 0 aliphatic carbocycles. The maximum absolute atomic E-state index is 14.0. The normalized spacial score (nSPS) is 17.5. The molecule has 4 aromatic rings. The molecule has 4 aliphatic heterocycles. The van der Waals surface area contributed by atoms with E-state index < -0.39 is 0 Å². The molecule has 4 aliphatic rings. The molecular weight excluding hydrogens is 688 g/mol. The second-order valence-electron chi connectivity index (χ2n) is 13.6. The molecule has 0 spiro atoms. The number of ether oxygens (including phenoxy) is 5. The van der Waals surface area contributed by atoms with Crippen molar-refractivity contribution in [1.29, 1.82) is 0 Å². The van der Waals surface area contributed by atoms with E-state index >= 15 is 0 Å². The summed E-state index contributed by atoms with van der Waals surface area (Å²) in [6.07, 6.45) is 5.90. The average molecular weight is 729 g/mol. The standard InChI is InChI=1S/C42H40N4O8/c1-25(47)11-14-52-24-26-9-10-36-28(15-26)17-30-23-44-34-21-40(38(51-3)19-32(34)42(49)46(30)36)54-13-6-12-53-39-20-33-31(18-37(39)50-2)41(48)45-29(22-43-33)16-27-7-4-5-8-35(27)45/h4-5,7-10,15,18-23,29-30H,6,11-14,16-17,24H2,1-3H3/t29-,30-/m0/s1. The van der Waals surface area contributed by atoms with Gasteiger partial charge < -0.3 is 23.7 Å². The van der Waals surface area contributed by atoms with Gasteiger partial charge in [-0.25, -0.2) is 0 Å². The van der Waals surface area contributed by atoms with Crippen LogP contribution in [0.4, 0.5) is 22.7 Å². The van der Waals surface area contributed by atoms with Gasteiger partial charge in [0.2, 0.25) is 0 Å². The first-order valence-corrected chi connectivity index (χ1v) is 18.0. The molecule has 12 heteroatoms. The predicted molar refractivity (Wildman–Crippen MR) is 204 cm³/mol. The van der Waals surface area contributed by atoms with E-state index in [2.05, 4.69) is 11.1 Å². The monoisotopic (exact) mass is 728 g/mol. The Bertz CT molecular complexity index is 2210. The topological polar surface area (TPSA) is 129 Å². The number of carbonyl (C=O) groups is 3. The Labute approximate surface area is 313 Å². The number of fused-ring (bicyclic) bond motifs is 8. The zero-order chi connectivity index (χ0) is 37.3. The number of aliphatic imine (C=N–C) groups is 2. The fourth-order valence-electron chi connectivity index (χ4n) is 7.42. The van der Waals surface area contributed by atoms with Gasteiger partial charge in [0.05, 0.1) is 75.2 Å². The van der Waals surface area contributed by atoms with Crippen molar-refractivity contribution < 1.29 is 38.1 Å². The summed E-state index contributed by atoms with van der Waals surface area (Å²) in [6, 6.07) is 20.4. The van der Waals surface area contributed by atoms with Crippen molar-refractivity contribution in [3.8, 4) is 23.0 Å². The van der Waals surface area contributed by atoms with Gasteiger partial charge in [-0.15, -0.1) is 0 Å². The van der Waals surface area contributed by atoms with Crippen molar-refractivity contribution in [3.63, 3.8) is 0 Å². The SMILES string of the molecule is COc1cc2c(cc1OCCCOc1cc3c(cc1OC)C(=O)N1c4ccc(COCCC(C)=O)cc4C[C@H]1C=N3)N=C[C@@H]1Cc3ccccc3N1C2=O. The Morgan fingerprint density at radius 3 is 1.87 bits per heavy atom. The van der Waals surface area contributed by atoms with Crippen molar-refractivity contribution in [2.75, 3.05) is 43.8 Å². The molecule has 0 fully saturated rings. The zero-order valence-electron chi connectivity index (χ0n) is 30.4. The van der Waals surface area contributed by atoms with Gasteiger partial charge in [0, 0.05) is 61.6 Å². The van der Waals surface area contributed by atoms with Crippen molar-refractivity contribution in [3.05, 3.63) is 94.5 Å². The summed E-state index contributed by atoms with van der Waals surface area (Å²) in [5, 5.41) is 0. The molecule has 0 radical (unpaired) electrons. The number of rotatable bonds is 13. The van der Waals surface area contributed by atoms with Gasteiger partial charge in [-0.2, -0.15) is 0 Å². The zero-order valence-corrected chi connectivity index (χ0v) is 30.4. The minimum Gasteiger partial charge on any atom is -0.493 e. The average Bonchev–Trinajstić information content (AvgIpc) is 3.66. The number of Topliss-reactive ketones (excluding diaryl/α,β-unsaturated/α-hetero) is 1. The maximum Gasteiger partial charge on any atom is 0.261 e. The highest BCUT2D eigenvalue weighted by molar-refractivity contribution is 6.15. The van der Waals surface area contributed by atoms with Crippen LogP contribution in [0.1, 0.15) is 57.2 Å². The number of ketones is 1. The number of benzene rings is 4. The van der Waals surface area contributed by atoms with Crippen LogP contribution in [-0.2, 0) is 29.0 Å². The summed E-state index contributed by atoms with van der Waals surface area (Å²) >= 11 is 0. The molecule has 54 heavy (non-hydrogen) atoms. The van der Waals surface area contributed by atoms with Crippen LogP contribution in [0.25, 0.3) is 0 Å². The Hall–Kier alpha value is -6.01. The summed E-state index contributed by atoms with van der Waals surface area (Å²) in [5.41, 5.74) is 6.82. The molecule has 0 bridgehead atoms. The summed E-state index contributed by atoms with van der Waals surface area (Å²) < 4.78 is 29.2. The molecule has 0 N–H and O–H groups in total. The molecule has 276 valence electrons. The summed E-state index contributed by atoms with van der Waals surface area (Å²) in [5.74, 6) is 1.62. The molecule has 4 aromatic carbocycles. The predicted octanol–water partition coefficient (Wildman–Crippen LogP) is 6.62. The van der Waals surface area contributed by atoms with Crippen LogP contribution in [0.3, 0.4) is 0 Å². The van der Waals surface area contributed by atoms with Crippen LogP contribution in [0.2, 0.25) is 0 Å². The number of methoxy groups -OCH3 is 2. The van der Waals surface area contributed by atoms with E-state index in [-0.39, 0.29) is 29.7 Å². The Kier molecular flexibility index (Phi) is 9.59. The van der Waals surface area contributed by atoms with Crippen molar-refractivity contribution in [2.24, 2.45) is 9.98 Å². The highest BCUT2D eigenvalue weighted by Gasteiger charge is 2.38. The molecule has 4 heterocycles. The molecule has 12 nitrogen and oxygen atoms in total. The van der Waals surface area contributed by atoms with Crippen LogP contribution in [0.5, 0.6) is 23.0 Å². The first-order chi connectivity index (χ1) is 26.3. The van der Waals surface area contributed by atoms with E-state index in [1.165, 1.54) is 7.11 Å². The lowest BCUT2D eigenvalue weighted by molar-refractivity contribution is -0.118. The van der Waals surface area contributed by atoms with E-state index in [0.717, 1.165) is 28.1 Å². The molecule has 0 unspecified atom stereocenters. The Balaban J connectivity index is 0.908. The fourth-order valence-corrected chi connectivity index (χ4v) is 7.42. The van der Waals surface area contributed by atoms with Crippen LogP contribution in [-0.4, -0.2) is 76.2 Å². The largest absolute Gasteiger partial charge is 0.493 e. The maximum atomic E-state index is 14.0. The molecule has 2 amide bonds. The van der Waals surface area contributed by atoms with Gasteiger partial charge in [-0.3, -0.25) is 34.2 Å². The number of hydrogen-bond acceptors (Lipinski definition) is 10. The Morgan fingerprint density at radius 2 is 1.28 bits per heavy atom. The minimum absolute atomic E-state index is 0.0957. The number of anilines is 2. The van der Waals surface area contributed by atoms with Crippen LogP contribution < -0.4 is 28.7 Å². The highest BCUT2D eigenvalue weighted by Crippen LogP contribution is 2.43. The number of carbonyl (C=O) groups excluding carboxylic acids is 3. The van der Waals surface area contributed by atoms with Crippen LogP contribution in [0, 0.1) is 0 Å². The second kappa shape index (κ2) is 14.8. The van der Waals surface area contributed by atoms with Gasteiger partial charge in [0.1, 0.15) is 5.78 Å². The van der Waals surface area contributed by atoms with Crippen LogP contribution in [0.15, 0.2) is 76.7 Å². The first-order valence-electron chi connectivity index (χ1n) is 18.0. The third kappa shape index (κ3) is 6.57. The first kappa shape index (κ1) is 35.0. The lowest BCUT2D eigenvalue weighted by atomic mass is 10.1. The van der Waals surface area contributed by atoms with Crippen LogP contribution >= 0.6 is 0 Å². The van der Waals surface area contributed by atoms with E-state index in [1.807, 2.05) is 48.8 Å². The third-order valence-corrected chi connectivity index (χ3v) is 10.1. The fraction of sp³-hybridized carbons (Fsp3) is 0.310. The molecule has 8 rings (SSSR count). The summed E-state index contributed by atoms with van der Waals surface area (Å²) in [4.78, 5) is 51.9. The van der Waals surface area contributed by atoms with Gasteiger partial charge in [-0.1, -0.05) is 30.3 Å². The van der Waals surface area contributed by atoms with E-state index in [4.69, 9.17) is 28.7 Å². The molecule has 0 aromatic heterocycles. The Morgan fingerprint density at radius 1 is 0.704 bits per heavy atom. The molecule has 2 atom stereocenters. The summed E-state index contributed by atoms with van der Waals surface area (Å²) in [6.45, 7) is 2.94. The van der Waals surface area contributed by atoms with Gasteiger partial charge >= 0.3 is 0 Å². The highest BCUT2D eigenvalue weighted by atomic mass is 16.5. The lowest BCUT2D eigenvalue weighted by Crippen LogP contribution is -2.37. The summed E-state index contributed by atoms with van der Waals surface area (Å²) in [7, 11) is 3.08. The third-order valence-electron chi connectivity index (χ3n) is 10.1. The van der Waals surface area contributed by atoms with Gasteiger partial charge in [0.25, 0.3) is 11.8 Å². The quantitative estimate of drug-likeness (QED) is 0.141. The minimum atomic E-state index is -0.232. The lowest BCUT2D eigenvalue weighted by Gasteiger charge is -2.22. The molecule has 0 saturated heterocycles. The number of amides is 2. The van der Waals surface area contributed by atoms with Crippen molar-refractivity contribution in [1.82, 2.24) is 0 Å². The number of hydrogen-bond donors (Lipinski definition) is 0. The van der Waals surface area contributed by atoms with E-state index in [0.29, 0.717) is 97.6 Å². The second-order valence-corrected chi connectivity index (χ2v) is 13.6.